The molecule has 2 aromatic carbocycles. The molecule has 0 saturated heterocycles. The largest absolute Gasteiger partial charge is 0.497 e. The molecule has 1 heterocycles. The Morgan fingerprint density at radius 3 is 2.67 bits per heavy atom. The van der Waals surface area contributed by atoms with Crippen LogP contribution in [0.3, 0.4) is 0 Å². The van der Waals surface area contributed by atoms with Gasteiger partial charge in [0.25, 0.3) is 0 Å². The van der Waals surface area contributed by atoms with E-state index in [0.717, 1.165) is 10.0 Å². The highest BCUT2D eigenvalue weighted by Crippen LogP contribution is 2.27. The second kappa shape index (κ2) is 6.88. The fraction of sp³-hybridized carbons (Fsp3) is 0.111. The van der Waals surface area contributed by atoms with Crippen LogP contribution in [0.5, 0.6) is 11.5 Å². The third-order valence-corrected chi connectivity index (χ3v) is 4.04. The van der Waals surface area contributed by atoms with Crippen LogP contribution in [0.4, 0.5) is 0 Å². The first-order valence-electron chi connectivity index (χ1n) is 7.11. The Bertz CT molecular complexity index is 858. The lowest BCUT2D eigenvalue weighted by atomic mass is 10.2. The number of nitrogens with zero attached hydrogens (tertiary/aromatic N) is 1. The maximum atomic E-state index is 12.1. The molecule has 0 spiro atoms. The number of methoxy groups -OCH3 is 2. The van der Waals surface area contributed by atoms with E-state index in [9.17, 15) is 4.79 Å². The van der Waals surface area contributed by atoms with E-state index in [4.69, 9.17) is 14.2 Å². The Labute approximate surface area is 147 Å². The van der Waals surface area contributed by atoms with Crippen LogP contribution in [0.1, 0.15) is 11.1 Å². The Hall–Kier alpha value is -2.60. The first kappa shape index (κ1) is 16.3. The zero-order chi connectivity index (χ0) is 17.1. The van der Waals surface area contributed by atoms with Gasteiger partial charge in [-0.1, -0.05) is 12.1 Å². The molecule has 0 unspecified atom stereocenters. The normalized spacial score (nSPS) is 15.2. The van der Waals surface area contributed by atoms with E-state index in [0.29, 0.717) is 17.1 Å². The quantitative estimate of drug-likeness (QED) is 0.591. The highest BCUT2D eigenvalue weighted by Gasteiger charge is 2.24. The van der Waals surface area contributed by atoms with Gasteiger partial charge in [0.05, 0.1) is 18.7 Å². The van der Waals surface area contributed by atoms with Crippen molar-refractivity contribution in [3.8, 4) is 11.5 Å². The number of esters is 1. The van der Waals surface area contributed by atoms with Gasteiger partial charge in [0.15, 0.2) is 5.70 Å². The highest BCUT2D eigenvalue weighted by molar-refractivity contribution is 9.10. The number of cyclic esters (lactones) is 1. The van der Waals surface area contributed by atoms with Gasteiger partial charge < -0.3 is 14.2 Å². The van der Waals surface area contributed by atoms with Gasteiger partial charge in [-0.05, 0) is 57.9 Å². The zero-order valence-electron chi connectivity index (χ0n) is 13.1. The van der Waals surface area contributed by atoms with Crippen LogP contribution in [-0.4, -0.2) is 26.1 Å². The lowest BCUT2D eigenvalue weighted by Gasteiger charge is -2.03. The lowest BCUT2D eigenvalue weighted by molar-refractivity contribution is -0.129. The van der Waals surface area contributed by atoms with Crippen LogP contribution < -0.4 is 9.47 Å². The summed E-state index contributed by atoms with van der Waals surface area (Å²) in [7, 11) is 3.17. The van der Waals surface area contributed by atoms with Crippen molar-refractivity contribution in [3.05, 3.63) is 63.8 Å². The third-order valence-electron chi connectivity index (χ3n) is 3.42. The fourth-order valence-electron chi connectivity index (χ4n) is 2.22. The number of halogens is 1. The summed E-state index contributed by atoms with van der Waals surface area (Å²) in [6.45, 7) is 0. The van der Waals surface area contributed by atoms with Crippen LogP contribution in [0.2, 0.25) is 0 Å². The van der Waals surface area contributed by atoms with Gasteiger partial charge in [0.2, 0.25) is 5.90 Å². The zero-order valence-corrected chi connectivity index (χ0v) is 14.7. The molecule has 0 aromatic heterocycles. The van der Waals surface area contributed by atoms with Crippen molar-refractivity contribution in [3.63, 3.8) is 0 Å². The molecular weight excluding hydrogens is 374 g/mol. The molecule has 0 bridgehead atoms. The summed E-state index contributed by atoms with van der Waals surface area (Å²) in [6, 6.07) is 12.7. The molecule has 122 valence electrons. The van der Waals surface area contributed by atoms with Gasteiger partial charge in [-0.3, -0.25) is 0 Å². The summed E-state index contributed by atoms with van der Waals surface area (Å²) < 4.78 is 16.4. The fourth-order valence-corrected chi connectivity index (χ4v) is 2.78. The molecule has 0 fully saturated rings. The molecule has 6 heteroatoms. The molecule has 3 rings (SSSR count). The van der Waals surface area contributed by atoms with Gasteiger partial charge >= 0.3 is 5.97 Å². The van der Waals surface area contributed by atoms with E-state index >= 15 is 0 Å². The van der Waals surface area contributed by atoms with Crippen LogP contribution in [0.15, 0.2) is 57.6 Å². The number of benzene rings is 2. The Morgan fingerprint density at radius 2 is 1.96 bits per heavy atom. The molecule has 0 atom stereocenters. The first-order valence-corrected chi connectivity index (χ1v) is 7.90. The van der Waals surface area contributed by atoms with Crippen molar-refractivity contribution in [1.82, 2.24) is 0 Å². The standard InChI is InChI=1S/C18H14BrNO4/c1-22-13-5-3-4-12(10-13)17-20-15(18(21)24-17)9-11-6-7-16(23-2)14(19)8-11/h3-10H,1-2H3/b15-9+. The molecule has 0 amide bonds. The predicted molar refractivity (Wildman–Crippen MR) is 94.3 cm³/mol. The van der Waals surface area contributed by atoms with Crippen molar-refractivity contribution in [2.75, 3.05) is 14.2 Å². The maximum Gasteiger partial charge on any atom is 0.363 e. The summed E-state index contributed by atoms with van der Waals surface area (Å²) >= 11 is 3.42. The average Bonchev–Trinajstić information content (AvgIpc) is 2.96. The Kier molecular flexibility index (Phi) is 4.66. The minimum atomic E-state index is -0.486. The third kappa shape index (κ3) is 3.33. The Balaban J connectivity index is 1.92. The van der Waals surface area contributed by atoms with Crippen LogP contribution in [0, 0.1) is 0 Å². The van der Waals surface area contributed by atoms with Crippen molar-refractivity contribution >= 4 is 33.9 Å². The Morgan fingerprint density at radius 1 is 1.12 bits per heavy atom. The molecule has 0 saturated carbocycles. The van der Waals surface area contributed by atoms with Crippen LogP contribution in [-0.2, 0) is 9.53 Å². The number of hydrogen-bond acceptors (Lipinski definition) is 5. The molecule has 24 heavy (non-hydrogen) atoms. The van der Waals surface area contributed by atoms with Gasteiger partial charge in [0.1, 0.15) is 11.5 Å². The summed E-state index contributed by atoms with van der Waals surface area (Å²) in [4.78, 5) is 16.3. The van der Waals surface area contributed by atoms with Gasteiger partial charge in [-0.2, -0.15) is 0 Å². The summed E-state index contributed by atoms with van der Waals surface area (Å²) in [5, 5.41) is 0. The molecule has 1 aliphatic rings. The second-order valence-electron chi connectivity index (χ2n) is 4.96. The number of carbonyl (C=O) groups is 1. The minimum Gasteiger partial charge on any atom is -0.497 e. The smallest absolute Gasteiger partial charge is 0.363 e. The molecular formula is C18H14BrNO4. The monoisotopic (exact) mass is 387 g/mol. The molecule has 1 aliphatic heterocycles. The molecule has 0 radical (unpaired) electrons. The van der Waals surface area contributed by atoms with Gasteiger partial charge in [0, 0.05) is 5.56 Å². The van der Waals surface area contributed by atoms with Crippen LogP contribution in [0.25, 0.3) is 6.08 Å². The first-order chi connectivity index (χ1) is 11.6. The highest BCUT2D eigenvalue weighted by atomic mass is 79.9. The van der Waals surface area contributed by atoms with Crippen molar-refractivity contribution in [2.24, 2.45) is 4.99 Å². The van der Waals surface area contributed by atoms with E-state index in [1.54, 1.807) is 26.4 Å². The van der Waals surface area contributed by atoms with Crippen molar-refractivity contribution < 1.29 is 19.0 Å². The van der Waals surface area contributed by atoms with E-state index in [1.165, 1.54) is 0 Å². The summed E-state index contributed by atoms with van der Waals surface area (Å²) in [6.07, 6.45) is 1.67. The van der Waals surface area contributed by atoms with E-state index in [1.807, 2.05) is 36.4 Å². The maximum absolute atomic E-state index is 12.1. The molecule has 0 aliphatic carbocycles. The molecule has 2 aromatic rings. The topological polar surface area (TPSA) is 57.1 Å². The number of carbonyl (C=O) groups excluding carboxylic acids is 1. The lowest BCUT2D eigenvalue weighted by Crippen LogP contribution is -2.05. The van der Waals surface area contributed by atoms with Gasteiger partial charge in [-0.25, -0.2) is 9.79 Å². The predicted octanol–water partition coefficient (Wildman–Crippen LogP) is 3.81. The number of rotatable bonds is 4. The molecule has 5 nitrogen and oxygen atoms in total. The second-order valence-corrected chi connectivity index (χ2v) is 5.82. The van der Waals surface area contributed by atoms with Crippen molar-refractivity contribution in [1.29, 1.82) is 0 Å². The summed E-state index contributed by atoms with van der Waals surface area (Å²) in [5.41, 5.74) is 1.73. The number of hydrogen-bond donors (Lipinski definition) is 0. The van der Waals surface area contributed by atoms with E-state index < -0.39 is 5.97 Å². The van der Waals surface area contributed by atoms with Crippen LogP contribution >= 0.6 is 15.9 Å². The SMILES string of the molecule is COc1cccc(C2=N/C(=C/c3ccc(OC)c(Br)c3)C(=O)O2)c1. The average molecular weight is 388 g/mol. The molecule has 0 N–H and O–H groups in total. The van der Waals surface area contributed by atoms with E-state index in [-0.39, 0.29) is 11.6 Å². The minimum absolute atomic E-state index is 0.241. The summed E-state index contributed by atoms with van der Waals surface area (Å²) in [5.74, 6) is 1.16. The van der Waals surface area contributed by atoms with E-state index in [2.05, 4.69) is 20.9 Å². The number of ether oxygens (including phenoxy) is 3. The van der Waals surface area contributed by atoms with Gasteiger partial charge in [-0.15, -0.1) is 0 Å². The number of aliphatic imine (C=N–C) groups is 1. The van der Waals surface area contributed by atoms with Crippen molar-refractivity contribution in [2.45, 2.75) is 0 Å².